The van der Waals surface area contributed by atoms with Crippen LogP contribution in [0.4, 0.5) is 0 Å². The van der Waals surface area contributed by atoms with Crippen molar-refractivity contribution >= 4 is 5.78 Å². The second-order valence-electron chi connectivity index (χ2n) is 4.60. The molecule has 0 aromatic rings. The smallest absolute Gasteiger partial charge is 0.135 e. The van der Waals surface area contributed by atoms with Gasteiger partial charge in [0, 0.05) is 25.9 Å². The summed E-state index contributed by atoms with van der Waals surface area (Å²) in [7, 11) is 0. The number of ether oxygens (including phenoxy) is 1. The largest absolute Gasteiger partial charge is 0.375 e. The summed E-state index contributed by atoms with van der Waals surface area (Å²) in [6.45, 7) is 4.70. The van der Waals surface area contributed by atoms with Crippen LogP contribution in [-0.4, -0.2) is 31.6 Å². The minimum absolute atomic E-state index is 0.122. The molecule has 1 unspecified atom stereocenters. The molecule has 0 saturated carbocycles. The van der Waals surface area contributed by atoms with Gasteiger partial charge in [0.25, 0.3) is 0 Å². The molecule has 1 N–H and O–H groups in total. The highest BCUT2D eigenvalue weighted by Gasteiger charge is 2.16. The van der Waals surface area contributed by atoms with Crippen LogP contribution in [0.2, 0.25) is 0 Å². The molecule has 94 valence electrons. The van der Waals surface area contributed by atoms with E-state index in [1.165, 1.54) is 25.7 Å². The first-order chi connectivity index (χ1) is 7.83. The number of Topliss-reactive ketones (excluding diaryl/α,β-unsaturated/α-hetero) is 1. The number of unbranched alkanes of at least 4 members (excludes halogenated alkanes) is 4. The van der Waals surface area contributed by atoms with Gasteiger partial charge in [0.1, 0.15) is 5.78 Å². The van der Waals surface area contributed by atoms with Gasteiger partial charge in [-0.1, -0.05) is 32.6 Å². The third-order valence-electron chi connectivity index (χ3n) is 3.02. The molecule has 3 nitrogen and oxygen atoms in total. The molecule has 1 aliphatic heterocycles. The Morgan fingerprint density at radius 3 is 2.81 bits per heavy atom. The predicted molar refractivity (Wildman–Crippen MR) is 65.6 cm³/mol. The number of carbonyl (C=O) groups is 1. The van der Waals surface area contributed by atoms with Crippen LogP contribution in [-0.2, 0) is 9.53 Å². The summed E-state index contributed by atoms with van der Waals surface area (Å²) < 4.78 is 5.51. The SMILES string of the molecule is CCCCCCCC(=O)CC1CNCCO1. The number of carbonyl (C=O) groups excluding carboxylic acids is 1. The molecule has 1 rings (SSSR count). The van der Waals surface area contributed by atoms with Crippen molar-refractivity contribution in [1.29, 1.82) is 0 Å². The lowest BCUT2D eigenvalue weighted by atomic mass is 10.0. The maximum atomic E-state index is 11.6. The van der Waals surface area contributed by atoms with Crippen molar-refractivity contribution in [3.05, 3.63) is 0 Å². The van der Waals surface area contributed by atoms with Crippen molar-refractivity contribution in [2.45, 2.75) is 58.0 Å². The molecule has 0 bridgehead atoms. The first-order valence-corrected chi connectivity index (χ1v) is 6.67. The van der Waals surface area contributed by atoms with Crippen LogP contribution in [0.3, 0.4) is 0 Å². The molecule has 1 atom stereocenters. The summed E-state index contributed by atoms with van der Waals surface area (Å²) in [4.78, 5) is 11.6. The molecular formula is C13H25NO2. The number of hydrogen-bond acceptors (Lipinski definition) is 3. The normalized spacial score (nSPS) is 20.9. The second-order valence-corrected chi connectivity index (χ2v) is 4.60. The summed E-state index contributed by atoms with van der Waals surface area (Å²) >= 11 is 0. The Hall–Kier alpha value is -0.410. The van der Waals surface area contributed by atoms with E-state index in [1.807, 2.05) is 0 Å². The van der Waals surface area contributed by atoms with Crippen LogP contribution in [0.1, 0.15) is 51.9 Å². The van der Waals surface area contributed by atoms with Crippen molar-refractivity contribution in [2.75, 3.05) is 19.7 Å². The van der Waals surface area contributed by atoms with Gasteiger partial charge in [-0.15, -0.1) is 0 Å². The molecule has 0 spiro atoms. The van der Waals surface area contributed by atoms with Gasteiger partial charge < -0.3 is 10.1 Å². The highest BCUT2D eigenvalue weighted by molar-refractivity contribution is 5.78. The molecule has 1 heterocycles. The lowest BCUT2D eigenvalue weighted by Crippen LogP contribution is -2.39. The highest BCUT2D eigenvalue weighted by Crippen LogP contribution is 2.09. The zero-order valence-corrected chi connectivity index (χ0v) is 10.5. The fourth-order valence-electron chi connectivity index (χ4n) is 2.03. The zero-order valence-electron chi connectivity index (χ0n) is 10.5. The molecule has 1 saturated heterocycles. The number of nitrogens with one attached hydrogen (secondary N) is 1. The highest BCUT2D eigenvalue weighted by atomic mass is 16.5. The number of morpholine rings is 1. The first-order valence-electron chi connectivity index (χ1n) is 6.67. The molecule has 16 heavy (non-hydrogen) atoms. The van der Waals surface area contributed by atoms with Crippen molar-refractivity contribution < 1.29 is 9.53 Å². The Labute approximate surface area is 98.9 Å². The van der Waals surface area contributed by atoms with E-state index < -0.39 is 0 Å². The zero-order chi connectivity index (χ0) is 11.6. The van der Waals surface area contributed by atoms with Gasteiger partial charge in [-0.05, 0) is 6.42 Å². The minimum Gasteiger partial charge on any atom is -0.375 e. The van der Waals surface area contributed by atoms with Crippen LogP contribution in [0.25, 0.3) is 0 Å². The quantitative estimate of drug-likeness (QED) is 0.647. The van der Waals surface area contributed by atoms with Crippen molar-refractivity contribution in [2.24, 2.45) is 0 Å². The molecule has 1 aliphatic rings. The van der Waals surface area contributed by atoms with E-state index >= 15 is 0 Å². The van der Waals surface area contributed by atoms with Crippen LogP contribution in [0.5, 0.6) is 0 Å². The van der Waals surface area contributed by atoms with Crippen molar-refractivity contribution in [3.8, 4) is 0 Å². The molecule has 0 radical (unpaired) electrons. The van der Waals surface area contributed by atoms with Gasteiger partial charge in [0.15, 0.2) is 0 Å². The summed E-state index contributed by atoms with van der Waals surface area (Å²) in [5.41, 5.74) is 0. The average molecular weight is 227 g/mol. The lowest BCUT2D eigenvalue weighted by Gasteiger charge is -2.22. The van der Waals surface area contributed by atoms with Gasteiger partial charge >= 0.3 is 0 Å². The fourth-order valence-corrected chi connectivity index (χ4v) is 2.03. The maximum absolute atomic E-state index is 11.6. The van der Waals surface area contributed by atoms with Crippen LogP contribution < -0.4 is 5.32 Å². The Morgan fingerprint density at radius 1 is 1.31 bits per heavy atom. The van der Waals surface area contributed by atoms with Crippen LogP contribution in [0, 0.1) is 0 Å². The average Bonchev–Trinajstić information content (AvgIpc) is 2.30. The van der Waals surface area contributed by atoms with Gasteiger partial charge in [0.05, 0.1) is 12.7 Å². The number of ketones is 1. The molecular weight excluding hydrogens is 202 g/mol. The fraction of sp³-hybridized carbons (Fsp3) is 0.923. The summed E-state index contributed by atoms with van der Waals surface area (Å²) in [6, 6.07) is 0. The topological polar surface area (TPSA) is 38.3 Å². The Morgan fingerprint density at radius 2 is 2.12 bits per heavy atom. The molecule has 0 aromatic heterocycles. The van der Waals surface area contributed by atoms with E-state index in [4.69, 9.17) is 4.74 Å². The van der Waals surface area contributed by atoms with E-state index in [0.717, 1.165) is 32.5 Å². The number of hydrogen-bond donors (Lipinski definition) is 1. The van der Waals surface area contributed by atoms with E-state index in [0.29, 0.717) is 12.2 Å². The Bertz CT molecular complexity index is 188. The van der Waals surface area contributed by atoms with Gasteiger partial charge in [-0.2, -0.15) is 0 Å². The molecule has 0 aromatic carbocycles. The summed E-state index contributed by atoms with van der Waals surface area (Å²) in [6.07, 6.45) is 7.54. The third kappa shape index (κ3) is 6.23. The lowest BCUT2D eigenvalue weighted by molar-refractivity contribution is -0.122. The maximum Gasteiger partial charge on any atom is 0.135 e. The standard InChI is InChI=1S/C13H25NO2/c1-2-3-4-5-6-7-12(15)10-13-11-14-8-9-16-13/h13-14H,2-11H2,1H3. The van der Waals surface area contributed by atoms with Gasteiger partial charge in [0.2, 0.25) is 0 Å². The first kappa shape index (κ1) is 13.7. The number of rotatable bonds is 8. The van der Waals surface area contributed by atoms with Crippen molar-refractivity contribution in [3.63, 3.8) is 0 Å². The van der Waals surface area contributed by atoms with E-state index in [9.17, 15) is 4.79 Å². The monoisotopic (exact) mass is 227 g/mol. The third-order valence-corrected chi connectivity index (χ3v) is 3.02. The van der Waals surface area contributed by atoms with E-state index in [1.54, 1.807) is 0 Å². The van der Waals surface area contributed by atoms with Gasteiger partial charge in [-0.3, -0.25) is 4.79 Å². The predicted octanol–water partition coefficient (Wildman–Crippen LogP) is 2.29. The van der Waals surface area contributed by atoms with Crippen molar-refractivity contribution in [1.82, 2.24) is 5.32 Å². The minimum atomic E-state index is 0.122. The second kappa shape index (κ2) is 8.71. The summed E-state index contributed by atoms with van der Waals surface area (Å²) in [5.74, 6) is 0.366. The molecule has 0 amide bonds. The summed E-state index contributed by atoms with van der Waals surface area (Å²) in [5, 5.41) is 3.25. The van der Waals surface area contributed by atoms with Crippen LogP contribution in [0.15, 0.2) is 0 Å². The Balaban J connectivity index is 1.97. The Kier molecular flexibility index (Phi) is 7.43. The van der Waals surface area contributed by atoms with E-state index in [-0.39, 0.29) is 6.10 Å². The molecule has 1 fully saturated rings. The van der Waals surface area contributed by atoms with E-state index in [2.05, 4.69) is 12.2 Å². The molecule has 0 aliphatic carbocycles. The van der Waals surface area contributed by atoms with Crippen LogP contribution >= 0.6 is 0 Å². The molecule has 3 heteroatoms. The van der Waals surface area contributed by atoms with Gasteiger partial charge in [-0.25, -0.2) is 0 Å².